The second kappa shape index (κ2) is 6.47. The van der Waals surface area contributed by atoms with Gasteiger partial charge in [0.15, 0.2) is 0 Å². The Morgan fingerprint density at radius 1 is 1.55 bits per heavy atom. The fourth-order valence-electron chi connectivity index (χ4n) is 0.727. The van der Waals surface area contributed by atoms with Crippen molar-refractivity contribution in [3.63, 3.8) is 0 Å². The summed E-state index contributed by atoms with van der Waals surface area (Å²) in [5.41, 5.74) is 0. The quantitative estimate of drug-likeness (QED) is 0.505. The molecule has 0 aliphatic carbocycles. The largest absolute Gasteiger partial charge is 0.355 e. The Balaban J connectivity index is 3.18. The molecule has 0 spiro atoms. The highest BCUT2D eigenvalue weighted by Crippen LogP contribution is 1.94. The van der Waals surface area contributed by atoms with Gasteiger partial charge in [0.25, 0.3) is 0 Å². The van der Waals surface area contributed by atoms with Crippen molar-refractivity contribution in [1.29, 1.82) is 0 Å². The van der Waals surface area contributed by atoms with Crippen molar-refractivity contribution >= 4 is 17.5 Å². The van der Waals surface area contributed by atoms with Crippen LogP contribution in [0.4, 0.5) is 0 Å². The Bertz CT molecular complexity index is 115. The summed E-state index contributed by atoms with van der Waals surface area (Å²) in [6.07, 6.45) is 3.38. The van der Waals surface area contributed by atoms with Gasteiger partial charge < -0.3 is 5.32 Å². The molecule has 0 fully saturated rings. The van der Waals surface area contributed by atoms with Gasteiger partial charge >= 0.3 is 0 Å². The average molecular weight is 178 g/mol. The molecule has 0 aliphatic heterocycles. The van der Waals surface area contributed by atoms with Gasteiger partial charge in [-0.05, 0) is 13.3 Å². The number of carbonyl (C=O) groups excluding carboxylic acids is 1. The summed E-state index contributed by atoms with van der Waals surface area (Å²) in [5, 5.41) is 2.34. The van der Waals surface area contributed by atoms with E-state index >= 15 is 0 Å². The highest BCUT2D eigenvalue weighted by molar-refractivity contribution is 6.30. The van der Waals surface area contributed by atoms with Gasteiger partial charge in [-0.3, -0.25) is 4.79 Å². The van der Waals surface area contributed by atoms with Gasteiger partial charge in [-0.1, -0.05) is 19.8 Å². The minimum Gasteiger partial charge on any atom is -0.355 e. The molecule has 0 unspecified atom stereocenters. The monoisotopic (exact) mass is 177 g/mol. The van der Waals surface area contributed by atoms with Crippen LogP contribution < -0.4 is 5.32 Å². The van der Waals surface area contributed by atoms with Crippen molar-refractivity contribution in [2.24, 2.45) is 0 Å². The van der Waals surface area contributed by atoms with Crippen LogP contribution in [0.1, 0.15) is 33.1 Å². The number of rotatable bonds is 5. The lowest BCUT2D eigenvalue weighted by atomic mass is 10.2. The summed E-state index contributed by atoms with van der Waals surface area (Å²) in [4.78, 5) is 10.9. The van der Waals surface area contributed by atoms with Crippen LogP contribution in [0.15, 0.2) is 0 Å². The predicted molar refractivity (Wildman–Crippen MR) is 47.8 cm³/mol. The SMILES string of the molecule is CCCCCNC(=O)[C@H](C)Cl. The van der Waals surface area contributed by atoms with Crippen molar-refractivity contribution in [2.75, 3.05) is 6.54 Å². The van der Waals surface area contributed by atoms with E-state index in [0.717, 1.165) is 19.4 Å². The lowest BCUT2D eigenvalue weighted by Crippen LogP contribution is -2.30. The normalized spacial score (nSPS) is 12.6. The van der Waals surface area contributed by atoms with Gasteiger partial charge in [-0.15, -0.1) is 11.6 Å². The van der Waals surface area contributed by atoms with Crippen LogP contribution in [0.5, 0.6) is 0 Å². The minimum atomic E-state index is -0.406. The molecule has 3 heteroatoms. The molecule has 0 aliphatic rings. The maximum Gasteiger partial charge on any atom is 0.237 e. The smallest absolute Gasteiger partial charge is 0.237 e. The number of alkyl halides is 1. The van der Waals surface area contributed by atoms with Crippen LogP contribution in [0.3, 0.4) is 0 Å². The molecule has 2 nitrogen and oxygen atoms in total. The zero-order chi connectivity index (χ0) is 8.69. The lowest BCUT2D eigenvalue weighted by molar-refractivity contribution is -0.120. The number of amides is 1. The molecule has 0 aromatic heterocycles. The molecule has 1 atom stereocenters. The van der Waals surface area contributed by atoms with Crippen LogP contribution in [-0.4, -0.2) is 17.8 Å². The standard InChI is InChI=1S/C8H16ClNO/c1-3-4-5-6-10-8(11)7(2)9/h7H,3-6H2,1-2H3,(H,10,11)/t7-/m0/s1. The molecule has 0 saturated carbocycles. The number of unbranched alkanes of at least 4 members (excludes halogenated alkanes) is 2. The van der Waals surface area contributed by atoms with Crippen LogP contribution >= 0.6 is 11.6 Å². The van der Waals surface area contributed by atoms with E-state index in [9.17, 15) is 4.79 Å². The zero-order valence-corrected chi connectivity index (χ0v) is 7.95. The molecule has 66 valence electrons. The summed E-state index contributed by atoms with van der Waals surface area (Å²) in [6.45, 7) is 4.56. The molecule has 0 rings (SSSR count). The van der Waals surface area contributed by atoms with Gasteiger partial charge in [-0.25, -0.2) is 0 Å². The maximum absolute atomic E-state index is 10.9. The van der Waals surface area contributed by atoms with Crippen LogP contribution in [0, 0.1) is 0 Å². The number of nitrogens with one attached hydrogen (secondary N) is 1. The number of halogens is 1. The summed E-state index contributed by atoms with van der Waals surface area (Å²) >= 11 is 5.53. The van der Waals surface area contributed by atoms with E-state index in [1.54, 1.807) is 6.92 Å². The Kier molecular flexibility index (Phi) is 6.33. The van der Waals surface area contributed by atoms with Crippen molar-refractivity contribution < 1.29 is 4.79 Å². The molecular weight excluding hydrogens is 162 g/mol. The van der Waals surface area contributed by atoms with Gasteiger partial charge in [0.2, 0.25) is 5.91 Å². The number of hydrogen-bond donors (Lipinski definition) is 1. The highest BCUT2D eigenvalue weighted by Gasteiger charge is 2.06. The van der Waals surface area contributed by atoms with E-state index in [0.29, 0.717) is 0 Å². The zero-order valence-electron chi connectivity index (χ0n) is 7.19. The summed E-state index contributed by atoms with van der Waals surface area (Å²) in [6, 6.07) is 0. The molecule has 0 saturated heterocycles. The molecule has 0 radical (unpaired) electrons. The highest BCUT2D eigenvalue weighted by atomic mass is 35.5. The number of hydrogen-bond acceptors (Lipinski definition) is 1. The molecule has 1 amide bonds. The number of carbonyl (C=O) groups is 1. The van der Waals surface area contributed by atoms with Crippen molar-refractivity contribution in [3.05, 3.63) is 0 Å². The van der Waals surface area contributed by atoms with E-state index < -0.39 is 5.38 Å². The fraction of sp³-hybridized carbons (Fsp3) is 0.875. The third kappa shape index (κ3) is 6.17. The summed E-state index contributed by atoms with van der Waals surface area (Å²) < 4.78 is 0. The third-order valence-corrected chi connectivity index (χ3v) is 1.64. The van der Waals surface area contributed by atoms with Crippen LogP contribution in [0.25, 0.3) is 0 Å². The first-order valence-electron chi connectivity index (χ1n) is 4.10. The minimum absolute atomic E-state index is 0.0669. The Labute approximate surface area is 73.3 Å². The van der Waals surface area contributed by atoms with E-state index in [2.05, 4.69) is 12.2 Å². The summed E-state index contributed by atoms with van der Waals surface area (Å²) in [7, 11) is 0. The topological polar surface area (TPSA) is 29.1 Å². The fourth-order valence-corrected chi connectivity index (χ4v) is 0.804. The van der Waals surface area contributed by atoms with Crippen molar-refractivity contribution in [2.45, 2.75) is 38.5 Å². The molecule has 11 heavy (non-hydrogen) atoms. The second-order valence-electron chi connectivity index (χ2n) is 2.61. The van der Waals surface area contributed by atoms with Gasteiger partial charge in [0.05, 0.1) is 0 Å². The van der Waals surface area contributed by atoms with E-state index in [4.69, 9.17) is 11.6 Å². The van der Waals surface area contributed by atoms with Crippen molar-refractivity contribution in [3.8, 4) is 0 Å². The predicted octanol–water partition coefficient (Wildman–Crippen LogP) is 1.92. The Morgan fingerprint density at radius 2 is 2.18 bits per heavy atom. The molecule has 0 bridgehead atoms. The molecular formula is C8H16ClNO. The summed E-state index contributed by atoms with van der Waals surface area (Å²) in [5.74, 6) is -0.0669. The molecule has 1 N–H and O–H groups in total. The first-order chi connectivity index (χ1) is 5.18. The van der Waals surface area contributed by atoms with E-state index in [1.807, 2.05) is 0 Å². The first kappa shape index (κ1) is 10.8. The van der Waals surface area contributed by atoms with E-state index in [-0.39, 0.29) is 5.91 Å². The Hall–Kier alpha value is -0.240. The molecule has 0 aromatic rings. The van der Waals surface area contributed by atoms with Gasteiger partial charge in [0, 0.05) is 6.54 Å². The maximum atomic E-state index is 10.9. The third-order valence-electron chi connectivity index (χ3n) is 1.44. The van der Waals surface area contributed by atoms with Crippen LogP contribution in [-0.2, 0) is 4.79 Å². The lowest BCUT2D eigenvalue weighted by Gasteiger charge is -2.04. The van der Waals surface area contributed by atoms with Gasteiger partial charge in [-0.2, -0.15) is 0 Å². The van der Waals surface area contributed by atoms with Crippen molar-refractivity contribution in [1.82, 2.24) is 5.32 Å². The van der Waals surface area contributed by atoms with Gasteiger partial charge in [0.1, 0.15) is 5.38 Å². The van der Waals surface area contributed by atoms with E-state index in [1.165, 1.54) is 6.42 Å². The molecule has 0 heterocycles. The first-order valence-corrected chi connectivity index (χ1v) is 4.54. The molecule has 0 aromatic carbocycles. The Morgan fingerprint density at radius 3 is 2.64 bits per heavy atom. The second-order valence-corrected chi connectivity index (χ2v) is 3.27. The average Bonchev–Trinajstić information content (AvgIpc) is 1.97. The van der Waals surface area contributed by atoms with Crippen LogP contribution in [0.2, 0.25) is 0 Å².